The molecule has 5 aromatic rings. The van der Waals surface area contributed by atoms with Crippen LogP contribution >= 0.6 is 0 Å². The second-order valence-electron chi connectivity index (χ2n) is 9.05. The van der Waals surface area contributed by atoms with E-state index in [1.165, 1.54) is 32.7 Å². The molecule has 0 heterocycles. The van der Waals surface area contributed by atoms with E-state index in [1.807, 2.05) is 55.5 Å². The average Bonchev–Trinajstić information content (AvgIpc) is 2.97. The summed E-state index contributed by atoms with van der Waals surface area (Å²) in [5, 5.41) is 4.82. The SMILES string of the molecule is C/C=C\C=C/CC#Cc1ccc2cc(/C=C/c3ccc4cc(C#Cc5ccccc5)ccc4c3)ccc2c1. The quantitative estimate of drug-likeness (QED) is 0.135. The first-order valence-corrected chi connectivity index (χ1v) is 12.9. The summed E-state index contributed by atoms with van der Waals surface area (Å²) in [6, 6.07) is 36.0. The molecule has 180 valence electrons. The van der Waals surface area contributed by atoms with Gasteiger partial charge in [-0.25, -0.2) is 0 Å². The van der Waals surface area contributed by atoms with E-state index in [2.05, 4.69) is 115 Å². The molecule has 0 aliphatic rings. The van der Waals surface area contributed by atoms with E-state index in [-0.39, 0.29) is 0 Å². The summed E-state index contributed by atoms with van der Waals surface area (Å²) in [7, 11) is 0. The summed E-state index contributed by atoms with van der Waals surface area (Å²) in [6.07, 6.45) is 13.2. The topological polar surface area (TPSA) is 0 Å². The Morgan fingerprint density at radius 3 is 1.71 bits per heavy atom. The Hall–Kier alpha value is -5.04. The van der Waals surface area contributed by atoms with Crippen LogP contribution in [0.2, 0.25) is 0 Å². The van der Waals surface area contributed by atoms with Gasteiger partial charge in [-0.1, -0.05) is 115 Å². The highest BCUT2D eigenvalue weighted by atomic mass is 14.0. The monoisotopic (exact) mass is 484 g/mol. The van der Waals surface area contributed by atoms with Gasteiger partial charge in [-0.2, -0.15) is 0 Å². The van der Waals surface area contributed by atoms with Gasteiger partial charge >= 0.3 is 0 Å². The highest BCUT2D eigenvalue weighted by molar-refractivity contribution is 5.89. The van der Waals surface area contributed by atoms with Gasteiger partial charge in [-0.15, -0.1) is 0 Å². The predicted octanol–water partition coefficient (Wildman–Crippen LogP) is 9.44. The maximum absolute atomic E-state index is 3.28. The van der Waals surface area contributed by atoms with Gasteiger partial charge in [0.2, 0.25) is 0 Å². The summed E-state index contributed by atoms with van der Waals surface area (Å²) >= 11 is 0. The van der Waals surface area contributed by atoms with Gasteiger partial charge in [0.15, 0.2) is 0 Å². The molecule has 0 N–H and O–H groups in total. The largest absolute Gasteiger partial charge is 0.0937 e. The van der Waals surface area contributed by atoms with Gasteiger partial charge in [0.1, 0.15) is 0 Å². The molecule has 0 spiro atoms. The van der Waals surface area contributed by atoms with E-state index in [0.29, 0.717) is 0 Å². The molecule has 0 saturated heterocycles. The van der Waals surface area contributed by atoms with Crippen molar-refractivity contribution in [1.29, 1.82) is 0 Å². The molecule has 0 saturated carbocycles. The molecule has 0 aromatic heterocycles. The zero-order chi connectivity index (χ0) is 26.0. The lowest BCUT2D eigenvalue weighted by Gasteiger charge is -2.03. The third kappa shape index (κ3) is 6.59. The van der Waals surface area contributed by atoms with Crippen molar-refractivity contribution in [2.75, 3.05) is 0 Å². The predicted molar refractivity (Wildman–Crippen MR) is 165 cm³/mol. The highest BCUT2D eigenvalue weighted by Crippen LogP contribution is 2.22. The number of rotatable bonds is 4. The molecule has 38 heavy (non-hydrogen) atoms. The first-order chi connectivity index (χ1) is 18.8. The molecule has 0 unspecified atom stereocenters. The van der Waals surface area contributed by atoms with Crippen molar-refractivity contribution in [3.63, 3.8) is 0 Å². The third-order valence-corrected chi connectivity index (χ3v) is 6.21. The number of fused-ring (bicyclic) bond motifs is 2. The van der Waals surface area contributed by atoms with Gasteiger partial charge in [0, 0.05) is 23.1 Å². The van der Waals surface area contributed by atoms with E-state index in [0.717, 1.165) is 23.1 Å². The second-order valence-corrected chi connectivity index (χ2v) is 9.05. The minimum Gasteiger partial charge on any atom is -0.0937 e. The Kier molecular flexibility index (Phi) is 7.96. The number of hydrogen-bond donors (Lipinski definition) is 0. The van der Waals surface area contributed by atoms with Crippen LogP contribution in [-0.4, -0.2) is 0 Å². The molecule has 0 amide bonds. The fraction of sp³-hybridized carbons (Fsp3) is 0.0526. The normalized spacial score (nSPS) is 11.2. The average molecular weight is 485 g/mol. The fourth-order valence-corrected chi connectivity index (χ4v) is 4.22. The van der Waals surface area contributed by atoms with Crippen molar-refractivity contribution < 1.29 is 0 Å². The van der Waals surface area contributed by atoms with Crippen LogP contribution in [0.3, 0.4) is 0 Å². The van der Waals surface area contributed by atoms with E-state index in [9.17, 15) is 0 Å². The van der Waals surface area contributed by atoms with E-state index in [1.54, 1.807) is 0 Å². The standard InChI is InChI=1S/C38H28/c1-2-3-4-5-6-8-13-31-18-22-36-28-33(20-23-35(36)26-31)16-17-34-21-25-37-27-32(19-24-38(37)29-34)15-14-30-11-9-7-10-12-30/h2-5,7,9-12,16-29H,6H2,1H3/b3-2-,5-4-,17-16+. The summed E-state index contributed by atoms with van der Waals surface area (Å²) in [5.41, 5.74) is 5.45. The van der Waals surface area contributed by atoms with Crippen LogP contribution in [0, 0.1) is 23.7 Å². The van der Waals surface area contributed by atoms with Crippen molar-refractivity contribution in [2.45, 2.75) is 13.3 Å². The molecule has 0 fully saturated rings. The molecule has 5 aromatic carbocycles. The zero-order valence-electron chi connectivity index (χ0n) is 21.5. The number of benzene rings is 5. The Morgan fingerprint density at radius 2 is 1.08 bits per heavy atom. The molecule has 0 bridgehead atoms. The van der Waals surface area contributed by atoms with Gasteiger partial charge in [-0.3, -0.25) is 0 Å². The lowest BCUT2D eigenvalue weighted by molar-refractivity contribution is 1.46. The molecule has 0 atom stereocenters. The van der Waals surface area contributed by atoms with Crippen molar-refractivity contribution >= 4 is 33.7 Å². The first kappa shape index (κ1) is 24.6. The Balaban J connectivity index is 1.28. The van der Waals surface area contributed by atoms with Crippen LogP contribution in [0.1, 0.15) is 41.2 Å². The summed E-state index contributed by atoms with van der Waals surface area (Å²) in [4.78, 5) is 0. The zero-order valence-corrected chi connectivity index (χ0v) is 21.5. The first-order valence-electron chi connectivity index (χ1n) is 12.9. The second kappa shape index (κ2) is 12.3. The van der Waals surface area contributed by atoms with Crippen LogP contribution in [0.15, 0.2) is 127 Å². The molecule has 0 heteroatoms. The van der Waals surface area contributed by atoms with E-state index < -0.39 is 0 Å². The molecule has 5 rings (SSSR count). The smallest absolute Gasteiger partial charge is 0.0276 e. The van der Waals surface area contributed by atoms with E-state index >= 15 is 0 Å². The van der Waals surface area contributed by atoms with Gasteiger partial charge < -0.3 is 0 Å². The molecule has 0 radical (unpaired) electrons. The fourth-order valence-electron chi connectivity index (χ4n) is 4.22. The van der Waals surface area contributed by atoms with Crippen LogP contribution in [0.5, 0.6) is 0 Å². The minimum atomic E-state index is 0.754. The molecule has 0 aliphatic heterocycles. The minimum absolute atomic E-state index is 0.754. The maximum Gasteiger partial charge on any atom is 0.0276 e. The number of hydrogen-bond acceptors (Lipinski definition) is 0. The van der Waals surface area contributed by atoms with Gasteiger partial charge in [-0.05, 0) is 88.1 Å². The Morgan fingerprint density at radius 1 is 0.526 bits per heavy atom. The van der Waals surface area contributed by atoms with Crippen LogP contribution in [0.4, 0.5) is 0 Å². The molecular weight excluding hydrogens is 456 g/mol. The van der Waals surface area contributed by atoms with Crippen LogP contribution in [0.25, 0.3) is 33.7 Å². The molecular formula is C38H28. The Bertz CT molecular complexity index is 1790. The molecule has 0 nitrogen and oxygen atoms in total. The van der Waals surface area contributed by atoms with Crippen LogP contribution in [-0.2, 0) is 0 Å². The molecule has 0 aliphatic carbocycles. The van der Waals surface area contributed by atoms with Crippen molar-refractivity contribution in [1.82, 2.24) is 0 Å². The van der Waals surface area contributed by atoms with Crippen molar-refractivity contribution in [3.05, 3.63) is 155 Å². The third-order valence-electron chi connectivity index (χ3n) is 6.21. The summed E-state index contributed by atoms with van der Waals surface area (Å²) < 4.78 is 0. The Labute approximate surface area is 225 Å². The lowest BCUT2D eigenvalue weighted by atomic mass is 10.0. The number of allylic oxidation sites excluding steroid dienone is 4. The van der Waals surface area contributed by atoms with Gasteiger partial charge in [0.25, 0.3) is 0 Å². The summed E-state index contributed by atoms with van der Waals surface area (Å²) in [5.74, 6) is 13.0. The lowest BCUT2D eigenvalue weighted by Crippen LogP contribution is -1.81. The maximum atomic E-state index is 3.28. The van der Waals surface area contributed by atoms with Crippen molar-refractivity contribution in [3.8, 4) is 23.7 Å². The van der Waals surface area contributed by atoms with Gasteiger partial charge in [0.05, 0.1) is 0 Å². The van der Waals surface area contributed by atoms with Crippen LogP contribution < -0.4 is 0 Å². The van der Waals surface area contributed by atoms with E-state index in [4.69, 9.17) is 0 Å². The highest BCUT2D eigenvalue weighted by Gasteiger charge is 1.99. The summed E-state index contributed by atoms with van der Waals surface area (Å²) in [6.45, 7) is 2.01. The van der Waals surface area contributed by atoms with Crippen molar-refractivity contribution in [2.24, 2.45) is 0 Å².